The smallest absolute Gasteiger partial charge is 0.275 e. The van der Waals surface area contributed by atoms with Gasteiger partial charge in [-0.1, -0.05) is 30.3 Å². The SMILES string of the molecule is Cc1cc(C(=O)N2CCN(C)C[C@@H]2c2ccccc2)c(F)cc1[N+](=O)[O-]. The summed E-state index contributed by atoms with van der Waals surface area (Å²) in [5.74, 6) is -1.31. The lowest BCUT2D eigenvalue weighted by atomic mass is 10.0. The summed E-state index contributed by atoms with van der Waals surface area (Å²) >= 11 is 0. The van der Waals surface area contributed by atoms with Crippen molar-refractivity contribution >= 4 is 11.6 Å². The molecule has 0 bridgehead atoms. The molecule has 136 valence electrons. The Morgan fingerprint density at radius 1 is 1.23 bits per heavy atom. The maximum absolute atomic E-state index is 14.4. The highest BCUT2D eigenvalue weighted by Crippen LogP contribution is 2.29. The van der Waals surface area contributed by atoms with Crippen LogP contribution in [0.25, 0.3) is 0 Å². The van der Waals surface area contributed by atoms with E-state index in [2.05, 4.69) is 4.90 Å². The average Bonchev–Trinajstić information content (AvgIpc) is 2.63. The van der Waals surface area contributed by atoms with Crippen LogP contribution in [0.1, 0.15) is 27.5 Å². The zero-order valence-electron chi connectivity index (χ0n) is 14.7. The minimum atomic E-state index is -0.863. The van der Waals surface area contributed by atoms with Crippen molar-refractivity contribution in [3.63, 3.8) is 0 Å². The van der Waals surface area contributed by atoms with Crippen LogP contribution in [0.5, 0.6) is 0 Å². The van der Waals surface area contributed by atoms with Gasteiger partial charge in [0.1, 0.15) is 5.82 Å². The molecule has 1 aliphatic heterocycles. The first-order chi connectivity index (χ1) is 12.4. The maximum atomic E-state index is 14.4. The Morgan fingerprint density at radius 3 is 2.58 bits per heavy atom. The third-order valence-electron chi connectivity index (χ3n) is 4.74. The molecule has 1 atom stereocenters. The van der Waals surface area contributed by atoms with Gasteiger partial charge in [0.05, 0.1) is 22.6 Å². The molecule has 0 spiro atoms. The van der Waals surface area contributed by atoms with E-state index in [-0.39, 0.29) is 22.9 Å². The lowest BCUT2D eigenvalue weighted by molar-refractivity contribution is -0.385. The predicted octanol–water partition coefficient (Wildman–Crippen LogP) is 3.17. The van der Waals surface area contributed by atoms with E-state index in [0.29, 0.717) is 19.6 Å². The summed E-state index contributed by atoms with van der Waals surface area (Å²) in [7, 11) is 1.98. The normalized spacial score (nSPS) is 18.0. The van der Waals surface area contributed by atoms with Crippen molar-refractivity contribution in [1.82, 2.24) is 9.80 Å². The summed E-state index contributed by atoms with van der Waals surface area (Å²) < 4.78 is 14.4. The van der Waals surface area contributed by atoms with Crippen LogP contribution in [-0.2, 0) is 0 Å². The molecular formula is C19H20FN3O3. The summed E-state index contributed by atoms with van der Waals surface area (Å²) in [5, 5.41) is 11.0. The van der Waals surface area contributed by atoms with Crippen molar-refractivity contribution in [2.75, 3.05) is 26.7 Å². The first-order valence-corrected chi connectivity index (χ1v) is 8.37. The highest BCUT2D eigenvalue weighted by atomic mass is 19.1. The molecule has 0 aliphatic carbocycles. The second-order valence-electron chi connectivity index (χ2n) is 6.56. The molecule has 1 heterocycles. The summed E-state index contributed by atoms with van der Waals surface area (Å²) in [6.45, 7) is 3.30. The first kappa shape index (κ1) is 18.0. The van der Waals surface area contributed by atoms with Gasteiger partial charge in [0, 0.05) is 25.2 Å². The topological polar surface area (TPSA) is 66.7 Å². The van der Waals surface area contributed by atoms with Gasteiger partial charge in [-0.05, 0) is 25.6 Å². The fourth-order valence-corrected chi connectivity index (χ4v) is 3.31. The van der Waals surface area contributed by atoms with Gasteiger partial charge in [-0.3, -0.25) is 14.9 Å². The Bertz CT molecular complexity index is 841. The highest BCUT2D eigenvalue weighted by molar-refractivity contribution is 5.95. The van der Waals surface area contributed by atoms with Crippen LogP contribution in [0.2, 0.25) is 0 Å². The summed E-state index contributed by atoms with van der Waals surface area (Å²) in [6, 6.07) is 11.5. The molecule has 1 saturated heterocycles. The van der Waals surface area contributed by atoms with E-state index in [4.69, 9.17) is 0 Å². The van der Waals surface area contributed by atoms with Gasteiger partial charge in [0.25, 0.3) is 11.6 Å². The van der Waals surface area contributed by atoms with Crippen LogP contribution in [0.15, 0.2) is 42.5 Å². The zero-order chi connectivity index (χ0) is 18.8. The molecule has 0 N–H and O–H groups in total. The van der Waals surface area contributed by atoms with E-state index in [1.165, 1.54) is 13.0 Å². The number of nitro benzene ring substituents is 1. The fraction of sp³-hybridized carbons (Fsp3) is 0.316. The number of likely N-dealkylation sites (N-methyl/N-ethyl adjacent to an activating group) is 1. The Hall–Kier alpha value is -2.80. The van der Waals surface area contributed by atoms with Crippen LogP contribution in [0.3, 0.4) is 0 Å². The number of hydrogen-bond donors (Lipinski definition) is 0. The molecule has 1 fully saturated rings. The molecular weight excluding hydrogens is 337 g/mol. The third kappa shape index (κ3) is 3.43. The van der Waals surface area contributed by atoms with Crippen LogP contribution < -0.4 is 0 Å². The average molecular weight is 357 g/mol. The van der Waals surface area contributed by atoms with Crippen molar-refractivity contribution in [3.8, 4) is 0 Å². The molecule has 1 aliphatic rings. The molecule has 26 heavy (non-hydrogen) atoms. The number of carbonyl (C=O) groups is 1. The first-order valence-electron chi connectivity index (χ1n) is 8.37. The zero-order valence-corrected chi connectivity index (χ0v) is 14.7. The molecule has 2 aromatic rings. The molecule has 0 unspecified atom stereocenters. The van der Waals surface area contributed by atoms with Crippen molar-refractivity contribution in [2.45, 2.75) is 13.0 Å². The molecule has 3 rings (SSSR count). The Labute approximate surface area is 151 Å². The minimum absolute atomic E-state index is 0.126. The Kier molecular flexibility index (Phi) is 4.99. The molecule has 0 aromatic heterocycles. The number of amides is 1. The maximum Gasteiger partial charge on any atom is 0.275 e. The van der Waals surface area contributed by atoms with E-state index in [9.17, 15) is 19.3 Å². The van der Waals surface area contributed by atoms with Crippen molar-refractivity contribution in [3.05, 3.63) is 75.1 Å². The number of benzene rings is 2. The van der Waals surface area contributed by atoms with Gasteiger partial charge in [0.15, 0.2) is 0 Å². The molecule has 1 amide bonds. The largest absolute Gasteiger partial charge is 0.329 e. The van der Waals surface area contributed by atoms with Gasteiger partial charge < -0.3 is 9.80 Å². The number of rotatable bonds is 3. The number of nitrogens with zero attached hydrogens (tertiary/aromatic N) is 3. The number of piperazine rings is 1. The van der Waals surface area contributed by atoms with E-state index in [1.807, 2.05) is 37.4 Å². The monoisotopic (exact) mass is 357 g/mol. The van der Waals surface area contributed by atoms with Crippen LogP contribution in [0.4, 0.5) is 10.1 Å². The second kappa shape index (κ2) is 7.21. The van der Waals surface area contributed by atoms with E-state index < -0.39 is 16.6 Å². The second-order valence-corrected chi connectivity index (χ2v) is 6.56. The Morgan fingerprint density at radius 2 is 1.92 bits per heavy atom. The third-order valence-corrected chi connectivity index (χ3v) is 4.74. The van der Waals surface area contributed by atoms with Crippen molar-refractivity contribution in [1.29, 1.82) is 0 Å². The van der Waals surface area contributed by atoms with Crippen LogP contribution in [0, 0.1) is 22.9 Å². The highest BCUT2D eigenvalue weighted by Gasteiger charge is 2.32. The number of carbonyl (C=O) groups excluding carboxylic acids is 1. The van der Waals surface area contributed by atoms with Gasteiger partial charge >= 0.3 is 0 Å². The van der Waals surface area contributed by atoms with Crippen molar-refractivity contribution in [2.24, 2.45) is 0 Å². The van der Waals surface area contributed by atoms with Gasteiger partial charge in [-0.15, -0.1) is 0 Å². The van der Waals surface area contributed by atoms with E-state index in [1.54, 1.807) is 4.90 Å². The van der Waals surface area contributed by atoms with E-state index >= 15 is 0 Å². The summed E-state index contributed by atoms with van der Waals surface area (Å²) in [5.41, 5.74) is 0.798. The molecule has 7 heteroatoms. The quantitative estimate of drug-likeness (QED) is 0.625. The number of hydrogen-bond acceptors (Lipinski definition) is 4. The lowest BCUT2D eigenvalue weighted by Crippen LogP contribution is -2.49. The molecule has 0 radical (unpaired) electrons. The molecule has 6 nitrogen and oxygen atoms in total. The van der Waals surface area contributed by atoms with Gasteiger partial charge in [-0.2, -0.15) is 0 Å². The van der Waals surface area contributed by atoms with Crippen LogP contribution >= 0.6 is 0 Å². The minimum Gasteiger partial charge on any atom is -0.329 e. The number of aryl methyl sites for hydroxylation is 1. The number of nitro groups is 1. The Balaban J connectivity index is 1.97. The molecule has 2 aromatic carbocycles. The standard InChI is InChI=1S/C19H20FN3O3/c1-13-10-15(16(20)11-17(13)23(25)26)19(24)22-9-8-21(2)12-18(22)14-6-4-3-5-7-14/h3-7,10-11,18H,8-9,12H2,1-2H3/t18-/m1/s1. The van der Waals surface area contributed by atoms with Gasteiger partial charge in [0.2, 0.25) is 0 Å². The number of halogens is 1. The van der Waals surface area contributed by atoms with Gasteiger partial charge in [-0.25, -0.2) is 4.39 Å². The molecule has 0 saturated carbocycles. The predicted molar refractivity (Wildman–Crippen MR) is 95.5 cm³/mol. The van der Waals surface area contributed by atoms with E-state index in [0.717, 1.165) is 11.6 Å². The fourth-order valence-electron chi connectivity index (χ4n) is 3.31. The van der Waals surface area contributed by atoms with Crippen LogP contribution in [-0.4, -0.2) is 47.3 Å². The lowest BCUT2D eigenvalue weighted by Gasteiger charge is -2.40. The summed E-state index contributed by atoms with van der Waals surface area (Å²) in [4.78, 5) is 27.1. The summed E-state index contributed by atoms with van der Waals surface area (Å²) in [6.07, 6.45) is 0. The van der Waals surface area contributed by atoms with Crippen molar-refractivity contribution < 1.29 is 14.1 Å².